The molecule has 4 aromatic rings. The third-order valence-corrected chi connectivity index (χ3v) is 6.18. The predicted molar refractivity (Wildman–Crippen MR) is 137 cm³/mol. The Bertz CT molecular complexity index is 1390. The zero-order chi connectivity index (χ0) is 24.9. The monoisotopic (exact) mass is 484 g/mol. The Hall–Kier alpha value is -4.20. The molecule has 0 radical (unpaired) electrons. The first-order valence-electron chi connectivity index (χ1n) is 12.2. The van der Waals surface area contributed by atoms with Crippen LogP contribution >= 0.6 is 0 Å². The molecule has 0 spiro atoms. The second-order valence-corrected chi connectivity index (χ2v) is 8.53. The second kappa shape index (κ2) is 10.6. The molecule has 0 unspecified atom stereocenters. The van der Waals surface area contributed by atoms with Crippen LogP contribution in [0, 0.1) is 0 Å². The van der Waals surface area contributed by atoms with Gasteiger partial charge in [-0.3, -0.25) is 4.57 Å². The fourth-order valence-corrected chi connectivity index (χ4v) is 4.44. The maximum atomic E-state index is 12.0. The van der Waals surface area contributed by atoms with E-state index in [1.165, 1.54) is 12.8 Å². The Morgan fingerprint density at radius 2 is 1.86 bits per heavy atom. The molecule has 1 fully saturated rings. The third-order valence-electron chi connectivity index (χ3n) is 6.18. The number of carbonyl (C=O) groups is 1. The molecule has 2 aromatic heterocycles. The molecule has 8 heteroatoms. The molecule has 1 aliphatic carbocycles. The van der Waals surface area contributed by atoms with Crippen LogP contribution in [0.5, 0.6) is 11.5 Å². The highest BCUT2D eigenvalue weighted by molar-refractivity contribution is 5.87. The van der Waals surface area contributed by atoms with E-state index in [4.69, 9.17) is 19.2 Å². The highest BCUT2D eigenvalue weighted by Gasteiger charge is 2.20. The number of benzene rings is 2. The van der Waals surface area contributed by atoms with E-state index in [0.29, 0.717) is 17.4 Å². The Kier molecular flexibility index (Phi) is 6.93. The average molecular weight is 485 g/mol. The highest BCUT2D eigenvalue weighted by Crippen LogP contribution is 2.36. The first kappa shape index (κ1) is 23.5. The van der Waals surface area contributed by atoms with Crippen molar-refractivity contribution < 1.29 is 19.0 Å². The van der Waals surface area contributed by atoms with Crippen LogP contribution in [0.1, 0.15) is 54.5 Å². The summed E-state index contributed by atoms with van der Waals surface area (Å²) in [4.78, 5) is 16.8. The highest BCUT2D eigenvalue weighted by atomic mass is 16.5. The van der Waals surface area contributed by atoms with Crippen molar-refractivity contribution >= 4 is 29.2 Å². The van der Waals surface area contributed by atoms with Crippen LogP contribution in [-0.2, 0) is 4.74 Å². The van der Waals surface area contributed by atoms with Gasteiger partial charge in [0.25, 0.3) is 0 Å². The van der Waals surface area contributed by atoms with E-state index in [0.717, 1.165) is 35.2 Å². The molecule has 36 heavy (non-hydrogen) atoms. The normalized spacial score (nSPS) is 13.9. The van der Waals surface area contributed by atoms with Crippen molar-refractivity contribution in [1.29, 1.82) is 0 Å². The molecule has 0 saturated heterocycles. The number of imidazole rings is 1. The number of methoxy groups -OCH3 is 1. The van der Waals surface area contributed by atoms with Gasteiger partial charge in [0.15, 0.2) is 23.0 Å². The van der Waals surface area contributed by atoms with Gasteiger partial charge < -0.3 is 14.2 Å². The summed E-state index contributed by atoms with van der Waals surface area (Å²) in [7, 11) is 1.66. The molecule has 184 valence electrons. The molecular weight excluding hydrogens is 456 g/mol. The second-order valence-electron chi connectivity index (χ2n) is 8.53. The number of carbonyl (C=O) groups excluding carboxylic acids is 1. The van der Waals surface area contributed by atoms with Crippen LogP contribution < -0.4 is 9.47 Å². The van der Waals surface area contributed by atoms with E-state index in [1.807, 2.05) is 59.2 Å². The summed E-state index contributed by atoms with van der Waals surface area (Å²) in [5, 5.41) is 8.38. The van der Waals surface area contributed by atoms with Gasteiger partial charge in [-0.05, 0) is 75.1 Å². The summed E-state index contributed by atoms with van der Waals surface area (Å²) >= 11 is 0. The lowest BCUT2D eigenvalue weighted by atomic mass is 10.1. The van der Waals surface area contributed by atoms with Gasteiger partial charge in [0.2, 0.25) is 0 Å². The molecule has 2 heterocycles. The van der Waals surface area contributed by atoms with E-state index in [9.17, 15) is 4.79 Å². The summed E-state index contributed by atoms with van der Waals surface area (Å²) in [6.45, 7) is 2.03. The minimum Gasteiger partial charge on any atom is -0.493 e. The van der Waals surface area contributed by atoms with Gasteiger partial charge in [-0.25, -0.2) is 9.78 Å². The predicted octanol–water partition coefficient (Wildman–Crippen LogP) is 5.49. The molecule has 1 saturated carbocycles. The number of fused-ring (bicyclic) bond motifs is 1. The van der Waals surface area contributed by atoms with E-state index < -0.39 is 5.97 Å². The maximum Gasteiger partial charge on any atom is 0.358 e. The molecule has 8 nitrogen and oxygen atoms in total. The van der Waals surface area contributed by atoms with Crippen molar-refractivity contribution in [2.75, 3.05) is 13.7 Å². The first-order valence-corrected chi connectivity index (χ1v) is 12.2. The van der Waals surface area contributed by atoms with E-state index in [1.54, 1.807) is 26.2 Å². The molecule has 1 aliphatic rings. The first-order chi connectivity index (χ1) is 17.7. The van der Waals surface area contributed by atoms with Crippen molar-refractivity contribution in [3.63, 3.8) is 0 Å². The molecule has 0 aliphatic heterocycles. The standard InChI is InChI=1S/C28H28N4O4/c1-3-35-28(33)22-16-18-26(31-30-22)32-23-13-7-6-12-21(23)29-25(32)17-15-19-9-8-14-24(34-2)27(19)36-20-10-4-5-11-20/h6-9,12-18,20H,3-5,10-11H2,1-2H3. The van der Waals surface area contributed by atoms with Gasteiger partial charge >= 0.3 is 5.97 Å². The van der Waals surface area contributed by atoms with Gasteiger partial charge in [0, 0.05) is 5.56 Å². The molecule has 0 bridgehead atoms. The Morgan fingerprint density at radius 1 is 1.03 bits per heavy atom. The lowest BCUT2D eigenvalue weighted by Crippen LogP contribution is -2.12. The van der Waals surface area contributed by atoms with Gasteiger partial charge in [0.05, 0.1) is 30.9 Å². The van der Waals surface area contributed by atoms with Crippen molar-refractivity contribution in [3.05, 3.63) is 71.7 Å². The van der Waals surface area contributed by atoms with Gasteiger partial charge in [-0.1, -0.05) is 24.3 Å². The third kappa shape index (κ3) is 4.79. The number of nitrogens with zero attached hydrogens (tertiary/aromatic N) is 4. The molecular formula is C28H28N4O4. The van der Waals surface area contributed by atoms with Gasteiger partial charge in [-0.15, -0.1) is 10.2 Å². The SMILES string of the molecule is CCOC(=O)c1ccc(-n2c(C=Cc3cccc(OC)c3OC3CCCC3)nc3ccccc32)nn1. The Labute approximate surface area is 209 Å². The zero-order valence-corrected chi connectivity index (χ0v) is 20.4. The van der Waals surface area contributed by atoms with Crippen LogP contribution in [0.25, 0.3) is 29.0 Å². The largest absolute Gasteiger partial charge is 0.493 e. The fourth-order valence-electron chi connectivity index (χ4n) is 4.44. The van der Waals surface area contributed by atoms with Crippen LogP contribution in [0.15, 0.2) is 54.6 Å². The van der Waals surface area contributed by atoms with Crippen molar-refractivity contribution in [1.82, 2.24) is 19.7 Å². The van der Waals surface area contributed by atoms with Gasteiger partial charge in [-0.2, -0.15) is 0 Å². The van der Waals surface area contributed by atoms with E-state index in [2.05, 4.69) is 10.2 Å². The number of rotatable bonds is 8. The lowest BCUT2D eigenvalue weighted by Gasteiger charge is -2.18. The number of hydrogen-bond donors (Lipinski definition) is 0. The zero-order valence-electron chi connectivity index (χ0n) is 20.4. The van der Waals surface area contributed by atoms with Crippen LogP contribution in [0.2, 0.25) is 0 Å². The lowest BCUT2D eigenvalue weighted by molar-refractivity contribution is 0.0518. The Balaban J connectivity index is 1.53. The van der Waals surface area contributed by atoms with Crippen molar-refractivity contribution in [2.45, 2.75) is 38.7 Å². The topological polar surface area (TPSA) is 88.4 Å². The Morgan fingerprint density at radius 3 is 2.61 bits per heavy atom. The van der Waals surface area contributed by atoms with Crippen LogP contribution in [0.3, 0.4) is 0 Å². The molecule has 2 aromatic carbocycles. The fraction of sp³-hybridized carbons (Fsp3) is 0.286. The quantitative estimate of drug-likeness (QED) is 0.305. The molecule has 5 rings (SSSR count). The maximum absolute atomic E-state index is 12.0. The van der Waals surface area contributed by atoms with E-state index in [-0.39, 0.29) is 18.4 Å². The van der Waals surface area contributed by atoms with Gasteiger partial charge in [0.1, 0.15) is 5.82 Å². The summed E-state index contributed by atoms with van der Waals surface area (Å²) in [6.07, 6.45) is 8.58. The molecule has 0 amide bonds. The summed E-state index contributed by atoms with van der Waals surface area (Å²) in [5.41, 5.74) is 2.76. The number of aromatic nitrogens is 4. The number of para-hydroxylation sites is 3. The molecule has 0 atom stereocenters. The minimum atomic E-state index is -0.500. The number of ether oxygens (including phenoxy) is 3. The number of esters is 1. The van der Waals surface area contributed by atoms with Crippen molar-refractivity contribution in [2.24, 2.45) is 0 Å². The summed E-state index contributed by atoms with van der Waals surface area (Å²) < 4.78 is 18.9. The average Bonchev–Trinajstić information content (AvgIpc) is 3.56. The summed E-state index contributed by atoms with van der Waals surface area (Å²) in [6, 6.07) is 17.0. The van der Waals surface area contributed by atoms with Crippen molar-refractivity contribution in [3.8, 4) is 17.3 Å². The smallest absolute Gasteiger partial charge is 0.358 e. The number of hydrogen-bond acceptors (Lipinski definition) is 7. The van der Waals surface area contributed by atoms with E-state index >= 15 is 0 Å². The summed E-state index contributed by atoms with van der Waals surface area (Å²) in [5.74, 6) is 2.16. The van der Waals surface area contributed by atoms with Crippen LogP contribution in [0.4, 0.5) is 0 Å². The molecule has 0 N–H and O–H groups in total. The minimum absolute atomic E-state index is 0.159. The van der Waals surface area contributed by atoms with Crippen LogP contribution in [-0.4, -0.2) is 45.5 Å².